The van der Waals surface area contributed by atoms with E-state index in [9.17, 15) is 4.79 Å². The van der Waals surface area contributed by atoms with Crippen molar-refractivity contribution in [1.82, 2.24) is 14.5 Å². The van der Waals surface area contributed by atoms with Crippen LogP contribution < -0.4 is 0 Å². The number of aryl methyl sites for hydroxylation is 1. The molecule has 1 aromatic carbocycles. The van der Waals surface area contributed by atoms with Crippen LogP contribution in [0.25, 0.3) is 11.0 Å². The van der Waals surface area contributed by atoms with Crippen LogP contribution in [0, 0.1) is 5.92 Å². The summed E-state index contributed by atoms with van der Waals surface area (Å²) >= 11 is 0. The molecule has 1 saturated heterocycles. The van der Waals surface area contributed by atoms with Gasteiger partial charge >= 0.3 is 0 Å². The van der Waals surface area contributed by atoms with Crippen molar-refractivity contribution in [3.05, 3.63) is 54.2 Å². The Hall–Kier alpha value is -2.56. The standard InChI is InChI=1S/C21H23N3O2/c1-2-23-17-8-4-3-7-16(17)22-20(23)18-9-5-11-24(18)21(25)15-13-14(15)19-10-6-12-26-19/h3-4,6-8,10,12,14-15,18H,2,5,9,11,13H2,1H3/t14-,15+,18-/m0/s1. The van der Waals surface area contributed by atoms with E-state index in [1.54, 1.807) is 6.26 Å². The minimum absolute atomic E-state index is 0.0706. The zero-order valence-corrected chi connectivity index (χ0v) is 15.0. The lowest BCUT2D eigenvalue weighted by Crippen LogP contribution is -2.33. The summed E-state index contributed by atoms with van der Waals surface area (Å²) in [5, 5.41) is 0. The monoisotopic (exact) mass is 349 g/mol. The Balaban J connectivity index is 1.44. The molecule has 0 N–H and O–H groups in total. The van der Waals surface area contributed by atoms with Crippen LogP contribution in [-0.4, -0.2) is 26.9 Å². The first-order valence-corrected chi connectivity index (χ1v) is 9.57. The van der Waals surface area contributed by atoms with E-state index in [4.69, 9.17) is 9.40 Å². The first-order valence-electron chi connectivity index (χ1n) is 9.57. The Morgan fingerprint density at radius 2 is 2.15 bits per heavy atom. The van der Waals surface area contributed by atoms with Gasteiger partial charge in [0.15, 0.2) is 0 Å². The molecule has 134 valence electrons. The number of hydrogen-bond acceptors (Lipinski definition) is 3. The number of furan rings is 1. The lowest BCUT2D eigenvalue weighted by Gasteiger charge is -2.25. The van der Waals surface area contributed by atoms with Crippen molar-refractivity contribution in [3.8, 4) is 0 Å². The molecule has 3 atom stereocenters. The number of imidazole rings is 1. The van der Waals surface area contributed by atoms with Gasteiger partial charge in [-0.15, -0.1) is 0 Å². The summed E-state index contributed by atoms with van der Waals surface area (Å²) in [7, 11) is 0. The van der Waals surface area contributed by atoms with E-state index in [0.717, 1.165) is 55.0 Å². The van der Waals surface area contributed by atoms with Crippen molar-refractivity contribution in [1.29, 1.82) is 0 Å². The summed E-state index contributed by atoms with van der Waals surface area (Å²) < 4.78 is 7.77. The SMILES string of the molecule is CCn1c([C@@H]2CCCN2C(=O)[C@@H]2C[C@@H]2c2ccco2)nc2ccccc21. The Bertz CT molecular complexity index is 943. The molecule has 2 fully saturated rings. The van der Waals surface area contributed by atoms with E-state index in [2.05, 4.69) is 34.6 Å². The molecule has 1 aliphatic heterocycles. The molecule has 0 unspecified atom stereocenters. The van der Waals surface area contributed by atoms with E-state index in [1.807, 2.05) is 18.2 Å². The number of likely N-dealkylation sites (tertiary alicyclic amines) is 1. The topological polar surface area (TPSA) is 51.3 Å². The molecular formula is C21H23N3O2. The maximum Gasteiger partial charge on any atom is 0.227 e. The van der Waals surface area contributed by atoms with Crippen molar-refractivity contribution in [3.63, 3.8) is 0 Å². The van der Waals surface area contributed by atoms with Crippen LogP contribution in [-0.2, 0) is 11.3 Å². The number of carbonyl (C=O) groups is 1. The molecule has 3 aromatic rings. The fourth-order valence-corrected chi connectivity index (χ4v) is 4.48. The summed E-state index contributed by atoms with van der Waals surface area (Å²) in [6, 6.07) is 12.2. The number of fused-ring (bicyclic) bond motifs is 1. The quantitative estimate of drug-likeness (QED) is 0.712. The number of hydrogen-bond donors (Lipinski definition) is 0. The van der Waals surface area contributed by atoms with Crippen LogP contribution in [0.2, 0.25) is 0 Å². The minimum Gasteiger partial charge on any atom is -0.469 e. The average Bonchev–Trinajstić information content (AvgIpc) is 3.08. The van der Waals surface area contributed by atoms with Crippen molar-refractivity contribution >= 4 is 16.9 Å². The van der Waals surface area contributed by atoms with E-state index in [-0.39, 0.29) is 23.8 Å². The maximum atomic E-state index is 13.2. The van der Waals surface area contributed by atoms with E-state index < -0.39 is 0 Å². The third kappa shape index (κ3) is 2.37. The van der Waals surface area contributed by atoms with Crippen LogP contribution in [0.4, 0.5) is 0 Å². The van der Waals surface area contributed by atoms with Crippen LogP contribution in [0.3, 0.4) is 0 Å². The molecule has 1 aliphatic carbocycles. The number of nitrogens with zero attached hydrogens (tertiary/aromatic N) is 3. The second kappa shape index (κ2) is 6.01. The van der Waals surface area contributed by atoms with Crippen molar-refractivity contribution < 1.29 is 9.21 Å². The average molecular weight is 349 g/mol. The van der Waals surface area contributed by atoms with Crippen molar-refractivity contribution in [2.75, 3.05) is 6.54 Å². The second-order valence-corrected chi connectivity index (χ2v) is 7.36. The van der Waals surface area contributed by atoms with Crippen LogP contribution in [0.15, 0.2) is 47.1 Å². The van der Waals surface area contributed by atoms with Gasteiger partial charge < -0.3 is 13.9 Å². The number of amides is 1. The van der Waals surface area contributed by atoms with E-state index >= 15 is 0 Å². The molecule has 3 heterocycles. The lowest BCUT2D eigenvalue weighted by atomic mass is 10.2. The highest BCUT2D eigenvalue weighted by Crippen LogP contribution is 2.50. The Morgan fingerprint density at radius 1 is 1.27 bits per heavy atom. The van der Waals surface area contributed by atoms with Crippen LogP contribution in [0.5, 0.6) is 0 Å². The zero-order valence-electron chi connectivity index (χ0n) is 15.0. The van der Waals surface area contributed by atoms with Gasteiger partial charge in [0.25, 0.3) is 0 Å². The van der Waals surface area contributed by atoms with E-state index in [1.165, 1.54) is 0 Å². The number of benzene rings is 1. The Labute approximate surface area is 152 Å². The van der Waals surface area contributed by atoms with Gasteiger partial charge in [-0.2, -0.15) is 0 Å². The van der Waals surface area contributed by atoms with E-state index in [0.29, 0.717) is 0 Å². The maximum absolute atomic E-state index is 13.2. The molecule has 0 spiro atoms. The lowest BCUT2D eigenvalue weighted by molar-refractivity contribution is -0.133. The third-order valence-corrected chi connectivity index (χ3v) is 5.85. The van der Waals surface area contributed by atoms with Crippen LogP contribution in [0.1, 0.15) is 49.7 Å². The second-order valence-electron chi connectivity index (χ2n) is 7.36. The number of para-hydroxylation sites is 2. The highest BCUT2D eigenvalue weighted by molar-refractivity contribution is 5.84. The van der Waals surface area contributed by atoms with Crippen LogP contribution >= 0.6 is 0 Å². The molecule has 2 aliphatic rings. The van der Waals surface area contributed by atoms with Gasteiger partial charge in [-0.1, -0.05) is 12.1 Å². The summed E-state index contributed by atoms with van der Waals surface area (Å²) in [6.07, 6.45) is 4.63. The van der Waals surface area contributed by atoms with Gasteiger partial charge in [0.2, 0.25) is 5.91 Å². The predicted molar refractivity (Wildman–Crippen MR) is 98.7 cm³/mol. The largest absolute Gasteiger partial charge is 0.469 e. The van der Waals surface area contributed by atoms with Crippen molar-refractivity contribution in [2.45, 2.75) is 44.7 Å². The molecule has 1 amide bonds. The van der Waals surface area contributed by atoms with Gasteiger partial charge in [0.05, 0.1) is 23.3 Å². The highest BCUT2D eigenvalue weighted by Gasteiger charge is 2.49. The fraction of sp³-hybridized carbons (Fsp3) is 0.429. The smallest absolute Gasteiger partial charge is 0.227 e. The normalized spacial score (nSPS) is 25.1. The Kier molecular flexibility index (Phi) is 3.62. The molecular weight excluding hydrogens is 326 g/mol. The first-order chi connectivity index (χ1) is 12.8. The Morgan fingerprint density at radius 3 is 2.96 bits per heavy atom. The van der Waals surface area contributed by atoms with Gasteiger partial charge in [-0.05, 0) is 50.5 Å². The fourth-order valence-electron chi connectivity index (χ4n) is 4.48. The zero-order chi connectivity index (χ0) is 17.7. The first kappa shape index (κ1) is 15.7. The van der Waals surface area contributed by atoms with Gasteiger partial charge in [-0.25, -0.2) is 4.98 Å². The molecule has 5 heteroatoms. The van der Waals surface area contributed by atoms with Gasteiger partial charge in [0.1, 0.15) is 11.6 Å². The number of rotatable bonds is 4. The summed E-state index contributed by atoms with van der Waals surface area (Å²) in [5.41, 5.74) is 2.17. The number of carbonyl (C=O) groups excluding carboxylic acids is 1. The summed E-state index contributed by atoms with van der Waals surface area (Å²) in [4.78, 5) is 20.1. The molecule has 0 bridgehead atoms. The molecule has 1 saturated carbocycles. The molecule has 5 rings (SSSR count). The van der Waals surface area contributed by atoms with Crippen molar-refractivity contribution in [2.24, 2.45) is 5.92 Å². The predicted octanol–water partition coefficient (Wildman–Crippen LogP) is 4.12. The number of aromatic nitrogens is 2. The molecule has 5 nitrogen and oxygen atoms in total. The molecule has 26 heavy (non-hydrogen) atoms. The van der Waals surface area contributed by atoms with Gasteiger partial charge in [0, 0.05) is 24.9 Å². The summed E-state index contributed by atoms with van der Waals surface area (Å²) in [5.74, 6) is 2.57. The summed E-state index contributed by atoms with van der Waals surface area (Å²) in [6.45, 7) is 3.84. The third-order valence-electron chi connectivity index (χ3n) is 5.85. The van der Waals surface area contributed by atoms with Gasteiger partial charge in [-0.3, -0.25) is 4.79 Å². The highest BCUT2D eigenvalue weighted by atomic mass is 16.3. The minimum atomic E-state index is 0.0706. The molecule has 0 radical (unpaired) electrons. The molecule has 2 aromatic heterocycles.